The normalized spacial score (nSPS) is 12.3. The Balaban J connectivity index is 2.08. The Kier molecular flexibility index (Phi) is 7.61. The number of benzene rings is 2. The van der Waals surface area contributed by atoms with Crippen LogP contribution in [-0.2, 0) is 14.8 Å². The number of sulfonamides is 1. The van der Waals surface area contributed by atoms with Crippen molar-refractivity contribution in [3.8, 4) is 5.75 Å². The standard InChI is InChI=1S/C21H27FN2O4S/c1-5-18(24(29(4,26)27)19-9-7-6-8-17(19)22)21(25)23-12-13-28-20-14-15(2)10-11-16(20)3/h6-11,14,18H,5,12-13H2,1-4H3,(H,23,25)/t18-/m1/s1. The molecule has 0 saturated heterocycles. The number of hydrogen-bond acceptors (Lipinski definition) is 4. The number of rotatable bonds is 9. The summed E-state index contributed by atoms with van der Waals surface area (Å²) in [4.78, 5) is 12.7. The number of nitrogens with one attached hydrogen (secondary N) is 1. The molecule has 0 aliphatic carbocycles. The predicted molar refractivity (Wildman–Crippen MR) is 112 cm³/mol. The van der Waals surface area contributed by atoms with Gasteiger partial charge < -0.3 is 10.1 Å². The summed E-state index contributed by atoms with van der Waals surface area (Å²) in [5, 5.41) is 2.69. The molecule has 0 heterocycles. The van der Waals surface area contributed by atoms with Crippen LogP contribution < -0.4 is 14.4 Å². The van der Waals surface area contributed by atoms with Gasteiger partial charge in [0, 0.05) is 0 Å². The van der Waals surface area contributed by atoms with Gasteiger partial charge in [-0.3, -0.25) is 9.10 Å². The zero-order chi connectivity index (χ0) is 21.6. The van der Waals surface area contributed by atoms with E-state index in [1.165, 1.54) is 18.2 Å². The van der Waals surface area contributed by atoms with Crippen molar-refractivity contribution in [2.75, 3.05) is 23.7 Å². The molecule has 0 bridgehead atoms. The van der Waals surface area contributed by atoms with Crippen LogP contribution in [-0.4, -0.2) is 39.8 Å². The van der Waals surface area contributed by atoms with Crippen LogP contribution in [0.1, 0.15) is 24.5 Å². The third-order valence-electron chi connectivity index (χ3n) is 4.42. The largest absolute Gasteiger partial charge is 0.491 e. The van der Waals surface area contributed by atoms with Gasteiger partial charge in [0.2, 0.25) is 15.9 Å². The van der Waals surface area contributed by atoms with Crippen molar-refractivity contribution < 1.29 is 22.3 Å². The Hall–Kier alpha value is -2.61. The van der Waals surface area contributed by atoms with Gasteiger partial charge in [-0.25, -0.2) is 12.8 Å². The summed E-state index contributed by atoms with van der Waals surface area (Å²) in [5.41, 5.74) is 1.90. The van der Waals surface area contributed by atoms with Crippen LogP contribution in [0.3, 0.4) is 0 Å². The van der Waals surface area contributed by atoms with E-state index in [0.29, 0.717) is 0 Å². The molecular weight excluding hydrogens is 395 g/mol. The number of hydrogen-bond donors (Lipinski definition) is 1. The molecule has 1 N–H and O–H groups in total. The molecule has 0 spiro atoms. The summed E-state index contributed by atoms with van der Waals surface area (Å²) in [7, 11) is -3.88. The minimum Gasteiger partial charge on any atom is -0.491 e. The van der Waals surface area contributed by atoms with Gasteiger partial charge in [-0.2, -0.15) is 0 Å². The number of carbonyl (C=O) groups excluding carboxylic acids is 1. The van der Waals surface area contributed by atoms with E-state index in [1.807, 2.05) is 32.0 Å². The Morgan fingerprint density at radius 2 is 1.90 bits per heavy atom. The van der Waals surface area contributed by atoms with Crippen LogP contribution in [0, 0.1) is 19.7 Å². The lowest BCUT2D eigenvalue weighted by Gasteiger charge is -2.30. The van der Waals surface area contributed by atoms with Crippen molar-refractivity contribution in [3.63, 3.8) is 0 Å². The molecule has 2 aromatic carbocycles. The molecule has 2 aromatic rings. The van der Waals surface area contributed by atoms with Gasteiger partial charge in [-0.05, 0) is 49.6 Å². The highest BCUT2D eigenvalue weighted by atomic mass is 32.2. The number of anilines is 1. The molecule has 0 aliphatic heterocycles. The summed E-state index contributed by atoms with van der Waals surface area (Å²) in [6, 6.07) is 10.3. The lowest BCUT2D eigenvalue weighted by Crippen LogP contribution is -2.50. The second-order valence-electron chi connectivity index (χ2n) is 6.84. The Morgan fingerprint density at radius 3 is 2.52 bits per heavy atom. The highest BCUT2D eigenvalue weighted by molar-refractivity contribution is 7.92. The molecule has 8 heteroatoms. The molecule has 0 aromatic heterocycles. The average molecular weight is 423 g/mol. The summed E-state index contributed by atoms with van der Waals surface area (Å²) in [5.74, 6) is -0.483. The fraction of sp³-hybridized carbons (Fsp3) is 0.381. The van der Waals surface area contributed by atoms with Crippen molar-refractivity contribution in [2.24, 2.45) is 0 Å². The quantitative estimate of drug-likeness (QED) is 0.630. The minimum atomic E-state index is -3.88. The molecule has 0 saturated carbocycles. The Bertz CT molecular complexity index is 963. The van der Waals surface area contributed by atoms with Crippen molar-refractivity contribution in [2.45, 2.75) is 33.2 Å². The molecule has 0 unspecified atom stereocenters. The van der Waals surface area contributed by atoms with Crippen LogP contribution in [0.2, 0.25) is 0 Å². The van der Waals surface area contributed by atoms with E-state index in [4.69, 9.17) is 4.74 Å². The lowest BCUT2D eigenvalue weighted by molar-refractivity contribution is -0.122. The molecule has 2 rings (SSSR count). The molecule has 1 atom stereocenters. The highest BCUT2D eigenvalue weighted by Crippen LogP contribution is 2.25. The van der Waals surface area contributed by atoms with Crippen molar-refractivity contribution >= 4 is 21.6 Å². The van der Waals surface area contributed by atoms with E-state index in [1.54, 1.807) is 6.92 Å². The Labute approximate surface area is 171 Å². The van der Waals surface area contributed by atoms with Gasteiger partial charge in [0.05, 0.1) is 18.5 Å². The predicted octanol–water partition coefficient (Wildman–Crippen LogP) is 3.18. The zero-order valence-corrected chi connectivity index (χ0v) is 17.9. The summed E-state index contributed by atoms with van der Waals surface area (Å²) in [6.45, 7) is 5.99. The molecule has 6 nitrogen and oxygen atoms in total. The number of para-hydroxylation sites is 1. The summed E-state index contributed by atoms with van der Waals surface area (Å²) < 4.78 is 45.4. The molecule has 0 aliphatic rings. The van der Waals surface area contributed by atoms with Gasteiger partial charge in [0.1, 0.15) is 24.2 Å². The van der Waals surface area contributed by atoms with Crippen LogP contribution in [0.4, 0.5) is 10.1 Å². The number of aryl methyl sites for hydroxylation is 2. The van der Waals surface area contributed by atoms with Crippen LogP contribution in [0.15, 0.2) is 42.5 Å². The molecule has 0 fully saturated rings. The maximum absolute atomic E-state index is 14.2. The second kappa shape index (κ2) is 9.73. The third kappa shape index (κ3) is 5.93. The van der Waals surface area contributed by atoms with Gasteiger partial charge in [0.15, 0.2) is 0 Å². The maximum atomic E-state index is 14.2. The Morgan fingerprint density at radius 1 is 1.21 bits per heavy atom. The van der Waals surface area contributed by atoms with E-state index in [9.17, 15) is 17.6 Å². The average Bonchev–Trinajstić information content (AvgIpc) is 2.65. The monoisotopic (exact) mass is 422 g/mol. The SMILES string of the molecule is CC[C@H](C(=O)NCCOc1cc(C)ccc1C)N(c1ccccc1F)S(C)(=O)=O. The van der Waals surface area contributed by atoms with E-state index in [-0.39, 0.29) is 25.3 Å². The van der Waals surface area contributed by atoms with Crippen LogP contribution in [0.25, 0.3) is 0 Å². The number of amides is 1. The number of carbonyl (C=O) groups is 1. The van der Waals surface area contributed by atoms with Crippen molar-refractivity contribution in [3.05, 3.63) is 59.4 Å². The first-order valence-electron chi connectivity index (χ1n) is 9.36. The van der Waals surface area contributed by atoms with Crippen molar-refractivity contribution in [1.29, 1.82) is 0 Å². The van der Waals surface area contributed by atoms with Gasteiger partial charge in [-0.15, -0.1) is 0 Å². The minimum absolute atomic E-state index is 0.149. The molecule has 158 valence electrons. The van der Waals surface area contributed by atoms with Crippen LogP contribution in [0.5, 0.6) is 5.75 Å². The lowest BCUT2D eigenvalue weighted by atomic mass is 10.1. The highest BCUT2D eigenvalue weighted by Gasteiger charge is 2.32. The van der Waals surface area contributed by atoms with Crippen molar-refractivity contribution in [1.82, 2.24) is 5.32 Å². The first-order valence-corrected chi connectivity index (χ1v) is 11.2. The number of nitrogens with zero attached hydrogens (tertiary/aromatic N) is 1. The first-order chi connectivity index (χ1) is 13.6. The first kappa shape index (κ1) is 22.7. The van der Waals surface area contributed by atoms with E-state index in [2.05, 4.69) is 5.32 Å². The molecular formula is C21H27FN2O4S. The second-order valence-corrected chi connectivity index (χ2v) is 8.70. The number of ether oxygens (including phenoxy) is 1. The topological polar surface area (TPSA) is 75.7 Å². The maximum Gasteiger partial charge on any atom is 0.244 e. The molecule has 0 radical (unpaired) electrons. The molecule has 1 amide bonds. The summed E-state index contributed by atoms with van der Waals surface area (Å²) in [6.07, 6.45) is 1.14. The van der Waals surface area contributed by atoms with Crippen LogP contribution >= 0.6 is 0 Å². The van der Waals surface area contributed by atoms with Gasteiger partial charge in [-0.1, -0.05) is 31.2 Å². The zero-order valence-electron chi connectivity index (χ0n) is 17.1. The fourth-order valence-corrected chi connectivity index (χ4v) is 4.19. The van der Waals surface area contributed by atoms with E-state index < -0.39 is 27.8 Å². The van der Waals surface area contributed by atoms with Gasteiger partial charge in [0.25, 0.3) is 0 Å². The number of halogens is 1. The van der Waals surface area contributed by atoms with Gasteiger partial charge >= 0.3 is 0 Å². The van der Waals surface area contributed by atoms with E-state index in [0.717, 1.165) is 33.5 Å². The molecule has 29 heavy (non-hydrogen) atoms. The summed E-state index contributed by atoms with van der Waals surface area (Å²) >= 11 is 0. The van der Waals surface area contributed by atoms with E-state index >= 15 is 0 Å². The fourth-order valence-electron chi connectivity index (χ4n) is 2.98. The third-order valence-corrected chi connectivity index (χ3v) is 5.59. The smallest absolute Gasteiger partial charge is 0.244 e.